The van der Waals surface area contributed by atoms with Crippen LogP contribution in [0.3, 0.4) is 0 Å². The molecule has 6 nitrogen and oxygen atoms in total. The van der Waals surface area contributed by atoms with E-state index in [4.69, 9.17) is 4.42 Å². The lowest BCUT2D eigenvalue weighted by atomic mass is 10.0. The van der Waals surface area contributed by atoms with Crippen LogP contribution < -0.4 is 10.9 Å². The predicted octanol–water partition coefficient (Wildman–Crippen LogP) is 1.17. The number of ketones is 1. The van der Waals surface area contributed by atoms with Gasteiger partial charge in [0, 0.05) is 18.2 Å². The number of fused-ring (bicyclic) bond motifs is 1. The third kappa shape index (κ3) is 3.50. The van der Waals surface area contributed by atoms with Crippen LogP contribution >= 0.6 is 15.9 Å². The van der Waals surface area contributed by atoms with Crippen molar-refractivity contribution in [1.29, 1.82) is 0 Å². The molecule has 1 heterocycles. The topological polar surface area (TPSA) is 75.4 Å². The molecule has 1 aromatic carbocycles. The van der Waals surface area contributed by atoms with Crippen molar-refractivity contribution < 1.29 is 19.2 Å². The Morgan fingerprint density at radius 3 is 2.83 bits per heavy atom. The lowest BCUT2D eigenvalue weighted by molar-refractivity contribution is -0.740. The quantitative estimate of drug-likeness (QED) is 0.278. The van der Waals surface area contributed by atoms with Crippen molar-refractivity contribution in [1.82, 2.24) is 4.57 Å². The third-order valence-electron chi connectivity index (χ3n) is 3.25. The second-order valence-electron chi connectivity index (χ2n) is 4.92. The molecule has 0 aliphatic carbocycles. The number of nitrogens with one attached hydrogen (secondary N) is 1. The lowest BCUT2D eigenvalue weighted by Crippen LogP contribution is -2.66. The van der Waals surface area contributed by atoms with E-state index < -0.39 is 5.76 Å². The van der Waals surface area contributed by atoms with E-state index in [9.17, 15) is 9.59 Å². The van der Waals surface area contributed by atoms with Gasteiger partial charge in [-0.25, -0.2) is 4.79 Å². The van der Waals surface area contributed by atoms with Gasteiger partial charge in [0.15, 0.2) is 11.4 Å². The number of nitrogens with zero attached hydrogens (tertiary/aromatic N) is 1. The van der Waals surface area contributed by atoms with Crippen LogP contribution in [-0.2, 0) is 11.9 Å². The molecule has 0 radical (unpaired) electrons. The highest BCUT2D eigenvalue weighted by Crippen LogP contribution is 2.21. The van der Waals surface area contributed by atoms with Crippen LogP contribution in [0.2, 0.25) is 0 Å². The zero-order chi connectivity index (χ0) is 17.1. The van der Waals surface area contributed by atoms with Gasteiger partial charge in [-0.15, -0.1) is 0 Å². The summed E-state index contributed by atoms with van der Waals surface area (Å²) in [5.74, 6) is -0.723. The second-order valence-corrected chi connectivity index (χ2v) is 5.83. The van der Waals surface area contributed by atoms with E-state index in [-0.39, 0.29) is 11.4 Å². The Morgan fingerprint density at radius 2 is 2.17 bits per heavy atom. The first kappa shape index (κ1) is 17.0. The molecule has 2 rings (SSSR count). The van der Waals surface area contributed by atoms with Gasteiger partial charge in [0.2, 0.25) is 6.21 Å². The van der Waals surface area contributed by atoms with Gasteiger partial charge in [0.05, 0.1) is 10.00 Å². The maximum atomic E-state index is 12.5. The van der Waals surface area contributed by atoms with Gasteiger partial charge in [-0.3, -0.25) is 14.2 Å². The van der Waals surface area contributed by atoms with E-state index >= 15 is 0 Å². The van der Waals surface area contributed by atoms with Crippen molar-refractivity contribution in [2.24, 2.45) is 7.05 Å². The van der Waals surface area contributed by atoms with E-state index in [0.29, 0.717) is 21.1 Å². The molecule has 0 atom stereocenters. The molecule has 1 N–H and O–H groups in total. The number of hydrogen-bond donors (Lipinski definition) is 1. The Labute approximate surface area is 140 Å². The zero-order valence-corrected chi connectivity index (χ0v) is 14.6. The van der Waals surface area contributed by atoms with Crippen molar-refractivity contribution in [2.75, 3.05) is 7.11 Å². The summed E-state index contributed by atoms with van der Waals surface area (Å²) in [5, 5.41) is 2.53. The summed E-state index contributed by atoms with van der Waals surface area (Å²) in [5.41, 5.74) is 2.52. The van der Waals surface area contributed by atoms with E-state index in [0.717, 1.165) is 5.56 Å². The van der Waals surface area contributed by atoms with Gasteiger partial charge in [0.1, 0.15) is 7.11 Å². The van der Waals surface area contributed by atoms with Crippen molar-refractivity contribution in [3.05, 3.63) is 56.5 Å². The third-order valence-corrected chi connectivity index (χ3v) is 3.71. The smallest absolute Gasteiger partial charge is 0.408 e. The molecular formula is C16H16BrN2O4+. The van der Waals surface area contributed by atoms with Gasteiger partial charge < -0.3 is 4.42 Å². The molecule has 0 amide bonds. The molecule has 7 heteroatoms. The fraction of sp³-hybridized carbons (Fsp3) is 0.188. The average Bonchev–Trinajstić information content (AvgIpc) is 2.79. The number of aryl methyl sites for hydroxylation is 2. The first-order valence-electron chi connectivity index (χ1n) is 6.68. The Balaban J connectivity index is 2.40. The normalized spacial score (nSPS) is 12.1. The largest absolute Gasteiger partial charge is 0.419 e. The Morgan fingerprint density at radius 1 is 1.48 bits per heavy atom. The van der Waals surface area contributed by atoms with Crippen LogP contribution in [0.4, 0.5) is 0 Å². The highest BCUT2D eigenvalue weighted by Gasteiger charge is 2.15. The first-order chi connectivity index (χ1) is 10.8. The molecule has 1 aromatic heterocycles. The summed E-state index contributed by atoms with van der Waals surface area (Å²) in [6.07, 6.45) is 3.10. The maximum Gasteiger partial charge on any atom is 0.419 e. The molecule has 0 saturated heterocycles. The molecule has 23 heavy (non-hydrogen) atoms. The van der Waals surface area contributed by atoms with Gasteiger partial charge in [-0.1, -0.05) is 6.58 Å². The number of rotatable bonds is 5. The Hall–Kier alpha value is -2.41. The molecule has 0 saturated carbocycles. The van der Waals surface area contributed by atoms with Crippen LogP contribution in [0.15, 0.2) is 44.1 Å². The maximum absolute atomic E-state index is 12.5. The number of allylic oxidation sites excluding steroid dienone is 3. The highest BCUT2D eigenvalue weighted by molar-refractivity contribution is 9.12. The second kappa shape index (κ2) is 6.78. The fourth-order valence-corrected chi connectivity index (χ4v) is 2.58. The van der Waals surface area contributed by atoms with Crippen LogP contribution in [0, 0.1) is 6.92 Å². The number of Topliss-reactive ketones (excluding diaryl/α,β-unsaturated/α-hetero) is 1. The van der Waals surface area contributed by atoms with Crippen molar-refractivity contribution in [3.63, 3.8) is 0 Å². The van der Waals surface area contributed by atoms with Crippen LogP contribution in [0.25, 0.3) is 11.1 Å². The fourth-order valence-electron chi connectivity index (χ4n) is 2.21. The molecule has 0 fully saturated rings. The number of oxazole rings is 1. The van der Waals surface area contributed by atoms with E-state index in [2.05, 4.69) is 32.5 Å². The number of aromatic nitrogens is 1. The lowest BCUT2D eigenvalue weighted by Gasteiger charge is -2.04. The van der Waals surface area contributed by atoms with Crippen molar-refractivity contribution >= 4 is 39.0 Å². The predicted molar refractivity (Wildman–Crippen MR) is 90.7 cm³/mol. The number of halogens is 1. The summed E-state index contributed by atoms with van der Waals surface area (Å²) in [7, 11) is 3.10. The molecule has 0 bridgehead atoms. The molecule has 0 aliphatic heterocycles. The van der Waals surface area contributed by atoms with Gasteiger partial charge in [-0.05, 0) is 51.8 Å². The summed E-state index contributed by atoms with van der Waals surface area (Å²) >= 11 is 3.27. The van der Waals surface area contributed by atoms with E-state index in [1.54, 1.807) is 25.3 Å². The van der Waals surface area contributed by atoms with Gasteiger partial charge in [-0.2, -0.15) is 0 Å². The number of benzene rings is 1. The summed E-state index contributed by atoms with van der Waals surface area (Å²) in [6, 6.07) is 3.26. The molecule has 0 unspecified atom stereocenters. The van der Waals surface area contributed by atoms with Crippen LogP contribution in [0.1, 0.15) is 15.9 Å². The number of carbonyl (C=O) groups excluding carboxylic acids is 1. The number of hydrogen-bond acceptors (Lipinski definition) is 4. The van der Waals surface area contributed by atoms with Gasteiger partial charge >= 0.3 is 5.76 Å². The summed E-state index contributed by atoms with van der Waals surface area (Å²) in [6.45, 7) is 5.59. The Bertz CT molecular complexity index is 903. The molecule has 2 aromatic rings. The molecule has 0 spiro atoms. The monoisotopic (exact) mass is 379 g/mol. The first-order valence-corrected chi connectivity index (χ1v) is 7.47. The van der Waals surface area contributed by atoms with Crippen molar-refractivity contribution in [2.45, 2.75) is 6.92 Å². The standard InChI is InChI=1S/C16H15BrN2O4/c1-9-5-11(7-13-14(9)19(3)16(21)23-13)15(20)10(2)6-12(17)8-18-22-4/h5-8H,2H2,1,3-4H3/p+1/b12-6+,18-8+. The zero-order valence-electron chi connectivity index (χ0n) is 13.0. The summed E-state index contributed by atoms with van der Waals surface area (Å²) < 4.78 is 7.16. The molecule has 0 aliphatic rings. The van der Waals surface area contributed by atoms with Crippen LogP contribution in [-0.4, -0.2) is 23.7 Å². The minimum Gasteiger partial charge on any atom is -0.408 e. The molecular weight excluding hydrogens is 364 g/mol. The Kier molecular flexibility index (Phi) is 5.00. The van der Waals surface area contributed by atoms with E-state index in [1.807, 2.05) is 6.92 Å². The minimum atomic E-state index is -0.464. The highest BCUT2D eigenvalue weighted by atomic mass is 79.9. The van der Waals surface area contributed by atoms with Crippen molar-refractivity contribution in [3.8, 4) is 0 Å². The number of carbonyl (C=O) groups is 1. The minimum absolute atomic E-state index is 0.260. The van der Waals surface area contributed by atoms with E-state index in [1.165, 1.54) is 17.9 Å². The molecule has 120 valence electrons. The van der Waals surface area contributed by atoms with Gasteiger partial charge in [0.25, 0.3) is 0 Å². The SMILES string of the molecule is C=C(/C=C(Br)\C=[NH+]\OC)C(=O)c1cc(C)c2c(c1)oc(=O)n2C. The van der Waals surface area contributed by atoms with Crippen LogP contribution in [0.5, 0.6) is 0 Å². The summed E-state index contributed by atoms with van der Waals surface area (Å²) in [4.78, 5) is 28.8. The average molecular weight is 380 g/mol.